The lowest BCUT2D eigenvalue weighted by Crippen LogP contribution is -2.24. The fraction of sp³-hybridized carbons (Fsp3) is 0.348. The van der Waals surface area contributed by atoms with Gasteiger partial charge in [0.25, 0.3) is 0 Å². The van der Waals surface area contributed by atoms with Crippen molar-refractivity contribution in [3.63, 3.8) is 0 Å². The highest BCUT2D eigenvalue weighted by Crippen LogP contribution is 2.24. The number of hydrogen-bond donors (Lipinski definition) is 1. The summed E-state index contributed by atoms with van der Waals surface area (Å²) in [6.07, 6.45) is 6.18. The number of hydrogen-bond acceptors (Lipinski definition) is 6. The van der Waals surface area contributed by atoms with Gasteiger partial charge in [0.15, 0.2) is 5.82 Å². The van der Waals surface area contributed by atoms with Crippen molar-refractivity contribution in [2.75, 3.05) is 19.0 Å². The smallest absolute Gasteiger partial charge is 0.329 e. The fourth-order valence-corrected chi connectivity index (χ4v) is 2.81. The standard InChI is InChI=1S/C23H29BN3O3/c1-7-10-16(8-2)21-22(25-14-9-11-20(28)30-23(3,4)5)27-19-15-17(24-29-6)12-13-18(19)26-21/h7-8,10,12-13,15H,1-2,9,11,14H2,3-6H3,(H,25,27)/b16-10+. The van der Waals surface area contributed by atoms with Gasteiger partial charge in [-0.2, -0.15) is 0 Å². The second-order valence-corrected chi connectivity index (χ2v) is 7.70. The van der Waals surface area contributed by atoms with Gasteiger partial charge in [-0.05, 0) is 39.3 Å². The first-order chi connectivity index (χ1) is 14.3. The number of aromatic nitrogens is 2. The third kappa shape index (κ3) is 6.85. The molecule has 1 radical (unpaired) electrons. The van der Waals surface area contributed by atoms with Crippen LogP contribution in [-0.2, 0) is 14.2 Å². The van der Waals surface area contributed by atoms with E-state index in [1.807, 2.05) is 45.0 Å². The zero-order valence-corrected chi connectivity index (χ0v) is 18.2. The molecule has 0 aliphatic carbocycles. The molecule has 0 saturated heterocycles. The van der Waals surface area contributed by atoms with Gasteiger partial charge in [-0.3, -0.25) is 4.79 Å². The van der Waals surface area contributed by atoms with E-state index in [0.717, 1.165) is 22.1 Å². The molecular formula is C23H29BN3O3. The molecule has 2 rings (SSSR count). The van der Waals surface area contributed by atoms with E-state index in [9.17, 15) is 4.79 Å². The maximum atomic E-state index is 11.9. The number of nitrogens with zero attached hydrogens (tertiary/aromatic N) is 2. The quantitative estimate of drug-likeness (QED) is 0.280. The molecule has 0 saturated carbocycles. The summed E-state index contributed by atoms with van der Waals surface area (Å²) in [6.45, 7) is 13.8. The summed E-state index contributed by atoms with van der Waals surface area (Å²) >= 11 is 0. The minimum absolute atomic E-state index is 0.216. The number of allylic oxidation sites excluding steroid dienone is 4. The van der Waals surface area contributed by atoms with Crippen LogP contribution < -0.4 is 10.8 Å². The highest BCUT2D eigenvalue weighted by atomic mass is 16.6. The molecule has 2 aromatic rings. The largest absolute Gasteiger partial charge is 0.460 e. The molecule has 6 nitrogen and oxygen atoms in total. The normalized spacial score (nSPS) is 11.8. The van der Waals surface area contributed by atoms with Crippen molar-refractivity contribution in [1.29, 1.82) is 0 Å². The van der Waals surface area contributed by atoms with E-state index in [-0.39, 0.29) is 5.97 Å². The summed E-state index contributed by atoms with van der Waals surface area (Å²) in [5, 5.41) is 3.30. The summed E-state index contributed by atoms with van der Waals surface area (Å²) in [5.74, 6) is 0.404. The van der Waals surface area contributed by atoms with Crippen LogP contribution in [0.5, 0.6) is 0 Å². The highest BCUT2D eigenvalue weighted by molar-refractivity contribution is 6.47. The Morgan fingerprint density at radius 3 is 2.63 bits per heavy atom. The minimum atomic E-state index is -0.479. The van der Waals surface area contributed by atoms with Gasteiger partial charge in [0.05, 0.1) is 11.0 Å². The van der Waals surface area contributed by atoms with Gasteiger partial charge in [0.2, 0.25) is 0 Å². The van der Waals surface area contributed by atoms with Gasteiger partial charge in [0.1, 0.15) is 11.3 Å². The van der Waals surface area contributed by atoms with Crippen molar-refractivity contribution in [2.24, 2.45) is 0 Å². The van der Waals surface area contributed by atoms with Crippen LogP contribution in [0.2, 0.25) is 0 Å². The number of esters is 1. The molecule has 0 fully saturated rings. The first kappa shape index (κ1) is 23.4. The molecule has 0 bridgehead atoms. The molecule has 0 amide bonds. The molecule has 157 valence electrons. The lowest BCUT2D eigenvalue weighted by atomic mass is 9.88. The Labute approximate surface area is 179 Å². The Morgan fingerprint density at radius 2 is 2.00 bits per heavy atom. The van der Waals surface area contributed by atoms with Gasteiger partial charge >= 0.3 is 13.5 Å². The first-order valence-corrected chi connectivity index (χ1v) is 9.86. The second-order valence-electron chi connectivity index (χ2n) is 7.70. The summed E-state index contributed by atoms with van der Waals surface area (Å²) in [5.41, 5.74) is 3.40. The van der Waals surface area contributed by atoms with Crippen LogP contribution in [0.4, 0.5) is 5.82 Å². The topological polar surface area (TPSA) is 73.3 Å². The van der Waals surface area contributed by atoms with Crippen LogP contribution in [0.1, 0.15) is 39.3 Å². The van der Waals surface area contributed by atoms with E-state index in [1.54, 1.807) is 26.7 Å². The molecule has 0 spiro atoms. The highest BCUT2D eigenvalue weighted by Gasteiger charge is 2.16. The van der Waals surface area contributed by atoms with Crippen molar-refractivity contribution >= 4 is 41.3 Å². The first-order valence-electron chi connectivity index (χ1n) is 9.86. The maximum Gasteiger partial charge on any atom is 0.329 e. The average Bonchev–Trinajstić information content (AvgIpc) is 2.68. The lowest BCUT2D eigenvalue weighted by molar-refractivity contribution is -0.154. The van der Waals surface area contributed by atoms with Crippen LogP contribution in [0, 0.1) is 0 Å². The molecule has 1 heterocycles. The van der Waals surface area contributed by atoms with Crippen LogP contribution in [0.3, 0.4) is 0 Å². The molecule has 0 aliphatic heterocycles. The Bertz CT molecular complexity index is 949. The molecule has 1 aromatic carbocycles. The van der Waals surface area contributed by atoms with Crippen LogP contribution in [-0.4, -0.2) is 42.7 Å². The maximum absolute atomic E-state index is 11.9. The molecule has 1 aromatic heterocycles. The van der Waals surface area contributed by atoms with Gasteiger partial charge < -0.3 is 14.7 Å². The summed E-state index contributed by atoms with van der Waals surface area (Å²) in [6, 6.07) is 5.73. The van der Waals surface area contributed by atoms with Crippen molar-refractivity contribution in [2.45, 2.75) is 39.2 Å². The Hall–Kier alpha value is -2.93. The van der Waals surface area contributed by atoms with Crippen molar-refractivity contribution < 1.29 is 14.2 Å². The van der Waals surface area contributed by atoms with Crippen LogP contribution in [0.25, 0.3) is 16.6 Å². The van der Waals surface area contributed by atoms with Crippen molar-refractivity contribution in [3.05, 3.63) is 55.3 Å². The molecule has 0 aliphatic rings. The molecule has 0 atom stereocenters. The third-order valence-electron chi connectivity index (χ3n) is 4.00. The number of anilines is 1. The molecule has 7 heteroatoms. The summed E-state index contributed by atoms with van der Waals surface area (Å²) < 4.78 is 10.4. The number of carbonyl (C=O) groups excluding carboxylic acids is 1. The lowest BCUT2D eigenvalue weighted by Gasteiger charge is -2.19. The second kappa shape index (κ2) is 10.7. The third-order valence-corrected chi connectivity index (χ3v) is 4.00. The van der Waals surface area contributed by atoms with Crippen LogP contribution >= 0.6 is 0 Å². The SMILES string of the molecule is C=C/C=C(\C=C)c1nc2ccc([B]OC)cc2nc1NCCCC(=O)OC(C)(C)C. The Balaban J connectivity index is 2.25. The van der Waals surface area contributed by atoms with E-state index in [4.69, 9.17) is 19.4 Å². The number of rotatable bonds is 10. The Morgan fingerprint density at radius 1 is 1.23 bits per heavy atom. The predicted octanol–water partition coefficient (Wildman–Crippen LogP) is 3.81. The number of carbonyl (C=O) groups is 1. The van der Waals surface area contributed by atoms with Crippen molar-refractivity contribution in [3.8, 4) is 0 Å². The number of nitrogens with one attached hydrogen (secondary N) is 1. The van der Waals surface area contributed by atoms with Gasteiger partial charge in [-0.1, -0.05) is 42.9 Å². The number of benzene rings is 1. The zero-order chi connectivity index (χ0) is 22.1. The Kier molecular flexibility index (Phi) is 8.36. The molecule has 30 heavy (non-hydrogen) atoms. The fourth-order valence-electron chi connectivity index (χ4n) is 2.81. The van der Waals surface area contributed by atoms with Gasteiger partial charge in [-0.25, -0.2) is 9.97 Å². The van der Waals surface area contributed by atoms with E-state index in [1.165, 1.54) is 0 Å². The number of ether oxygens (including phenoxy) is 1. The van der Waals surface area contributed by atoms with E-state index >= 15 is 0 Å². The van der Waals surface area contributed by atoms with Gasteiger partial charge in [-0.15, -0.1) is 0 Å². The molecule has 1 N–H and O–H groups in total. The van der Waals surface area contributed by atoms with Crippen LogP contribution in [0.15, 0.2) is 49.6 Å². The van der Waals surface area contributed by atoms with Gasteiger partial charge in [0, 0.05) is 25.6 Å². The average molecular weight is 406 g/mol. The summed E-state index contributed by atoms with van der Waals surface area (Å²) in [7, 11) is 3.25. The monoisotopic (exact) mass is 406 g/mol. The minimum Gasteiger partial charge on any atom is -0.460 e. The molecule has 0 unspecified atom stereocenters. The summed E-state index contributed by atoms with van der Waals surface area (Å²) in [4.78, 5) is 21.5. The number of fused-ring (bicyclic) bond motifs is 1. The van der Waals surface area contributed by atoms with E-state index in [2.05, 4.69) is 18.5 Å². The molecular weight excluding hydrogens is 377 g/mol. The predicted molar refractivity (Wildman–Crippen MR) is 124 cm³/mol. The van der Waals surface area contributed by atoms with E-state index in [0.29, 0.717) is 30.9 Å². The van der Waals surface area contributed by atoms with Crippen molar-refractivity contribution in [1.82, 2.24) is 9.97 Å². The zero-order valence-electron chi connectivity index (χ0n) is 18.2. The van der Waals surface area contributed by atoms with E-state index < -0.39 is 5.60 Å².